The van der Waals surface area contributed by atoms with Crippen LogP contribution >= 0.6 is 23.2 Å². The van der Waals surface area contributed by atoms with Crippen molar-refractivity contribution in [2.45, 2.75) is 19.1 Å². The molecule has 0 atom stereocenters. The summed E-state index contributed by atoms with van der Waals surface area (Å²) in [5.74, 6) is -0.206. The number of benzene rings is 2. The summed E-state index contributed by atoms with van der Waals surface area (Å²) in [5, 5.41) is 0.725. The molecule has 1 saturated heterocycles. The summed E-state index contributed by atoms with van der Waals surface area (Å²) >= 11 is 11.9. The lowest BCUT2D eigenvalue weighted by atomic mass is 10.1. The first kappa shape index (κ1) is 21.1. The molecule has 1 fully saturated rings. The fraction of sp³-hybridized carbons (Fsp3) is 0.350. The molecule has 0 saturated carbocycles. The molecule has 0 unspecified atom stereocenters. The van der Waals surface area contributed by atoms with Crippen LogP contribution in [0.2, 0.25) is 10.0 Å². The lowest BCUT2D eigenvalue weighted by Gasteiger charge is -2.22. The molecule has 2 aromatic rings. The first-order valence-corrected chi connectivity index (χ1v) is 11.4. The minimum Gasteiger partial charge on any atom is -0.337 e. The highest BCUT2D eigenvalue weighted by Crippen LogP contribution is 2.24. The zero-order valence-electron chi connectivity index (χ0n) is 15.6. The summed E-state index contributed by atoms with van der Waals surface area (Å²) in [6, 6.07) is 12.3. The Morgan fingerprint density at radius 1 is 1.00 bits per heavy atom. The Morgan fingerprint density at radius 3 is 2.50 bits per heavy atom. The largest absolute Gasteiger partial charge is 0.337 e. The van der Waals surface area contributed by atoms with Crippen LogP contribution < -0.4 is 0 Å². The van der Waals surface area contributed by atoms with Gasteiger partial charge in [-0.25, -0.2) is 8.42 Å². The van der Waals surface area contributed by atoms with Gasteiger partial charge in [0.2, 0.25) is 10.0 Å². The highest BCUT2D eigenvalue weighted by molar-refractivity contribution is 7.88. The molecular weight excluding hydrogens is 419 g/mol. The first-order chi connectivity index (χ1) is 13.3. The molecule has 28 heavy (non-hydrogen) atoms. The van der Waals surface area contributed by atoms with E-state index in [1.807, 2.05) is 25.1 Å². The molecule has 0 radical (unpaired) electrons. The van der Waals surface area contributed by atoms with Crippen molar-refractivity contribution in [3.05, 3.63) is 69.2 Å². The van der Waals surface area contributed by atoms with Gasteiger partial charge >= 0.3 is 0 Å². The van der Waals surface area contributed by atoms with E-state index in [1.165, 1.54) is 4.31 Å². The van der Waals surface area contributed by atoms with Crippen LogP contribution in [0.25, 0.3) is 0 Å². The number of amides is 1. The van der Waals surface area contributed by atoms with Crippen LogP contribution in [-0.4, -0.2) is 49.7 Å². The minimum absolute atomic E-state index is 0.0626. The average Bonchev–Trinajstić information content (AvgIpc) is 2.91. The zero-order valence-corrected chi connectivity index (χ0v) is 17.9. The second-order valence-electron chi connectivity index (χ2n) is 6.92. The number of hydrogen-bond donors (Lipinski definition) is 0. The van der Waals surface area contributed by atoms with E-state index in [0.29, 0.717) is 47.2 Å². The van der Waals surface area contributed by atoms with Gasteiger partial charge in [0.15, 0.2) is 0 Å². The molecule has 5 nitrogen and oxygen atoms in total. The number of hydrogen-bond acceptors (Lipinski definition) is 3. The standard InChI is InChI=1S/C20H22Cl2N2O3S/c1-15-4-2-5-17(12-15)20(25)23-8-3-9-24(11-10-23)28(26,27)14-16-6-7-18(21)19(22)13-16/h2,4-7,12-13H,3,8-11,14H2,1H3. The third-order valence-corrected chi connectivity index (χ3v) is 7.32. The lowest BCUT2D eigenvalue weighted by Crippen LogP contribution is -2.37. The second-order valence-corrected chi connectivity index (χ2v) is 9.70. The van der Waals surface area contributed by atoms with E-state index < -0.39 is 10.0 Å². The van der Waals surface area contributed by atoms with Gasteiger partial charge in [-0.3, -0.25) is 4.79 Å². The van der Waals surface area contributed by atoms with E-state index in [4.69, 9.17) is 23.2 Å². The molecule has 1 aliphatic heterocycles. The van der Waals surface area contributed by atoms with E-state index in [9.17, 15) is 13.2 Å². The van der Waals surface area contributed by atoms with Crippen LogP contribution in [0, 0.1) is 6.92 Å². The number of carbonyl (C=O) groups is 1. The van der Waals surface area contributed by atoms with Gasteiger partial charge in [0, 0.05) is 31.7 Å². The van der Waals surface area contributed by atoms with Gasteiger partial charge in [-0.1, -0.05) is 47.0 Å². The van der Waals surface area contributed by atoms with Gasteiger partial charge in [-0.2, -0.15) is 4.31 Å². The zero-order chi connectivity index (χ0) is 20.3. The Balaban J connectivity index is 1.68. The van der Waals surface area contributed by atoms with E-state index in [1.54, 1.807) is 29.2 Å². The van der Waals surface area contributed by atoms with Gasteiger partial charge in [0.1, 0.15) is 0 Å². The Hall–Kier alpha value is -1.60. The van der Waals surface area contributed by atoms with Crippen molar-refractivity contribution in [2.75, 3.05) is 26.2 Å². The predicted octanol–water partition coefficient (Wildman–Crippen LogP) is 3.98. The maximum absolute atomic E-state index is 12.8. The topological polar surface area (TPSA) is 57.7 Å². The molecule has 150 valence electrons. The smallest absolute Gasteiger partial charge is 0.253 e. The summed E-state index contributed by atoms with van der Waals surface area (Å²) < 4.78 is 27.1. The number of carbonyl (C=O) groups excluding carboxylic acids is 1. The van der Waals surface area contributed by atoms with Crippen molar-refractivity contribution in [2.24, 2.45) is 0 Å². The highest BCUT2D eigenvalue weighted by atomic mass is 35.5. The Bertz CT molecular complexity index is 979. The molecule has 0 spiro atoms. The lowest BCUT2D eigenvalue weighted by molar-refractivity contribution is 0.0764. The molecule has 3 rings (SSSR count). The van der Waals surface area contributed by atoms with Gasteiger partial charge in [-0.15, -0.1) is 0 Å². The molecule has 0 aromatic heterocycles. The molecule has 0 aliphatic carbocycles. The van der Waals surface area contributed by atoms with E-state index in [0.717, 1.165) is 5.56 Å². The number of nitrogens with zero attached hydrogens (tertiary/aromatic N) is 2. The fourth-order valence-corrected chi connectivity index (χ4v) is 5.14. The maximum Gasteiger partial charge on any atom is 0.253 e. The molecular formula is C20H22Cl2N2O3S. The summed E-state index contributed by atoms with van der Waals surface area (Å²) in [6.07, 6.45) is 0.595. The minimum atomic E-state index is -3.52. The molecule has 0 N–H and O–H groups in total. The van der Waals surface area contributed by atoms with Crippen LogP contribution in [0.15, 0.2) is 42.5 Å². The SMILES string of the molecule is Cc1cccc(C(=O)N2CCCN(S(=O)(=O)Cc3ccc(Cl)c(Cl)c3)CC2)c1. The normalized spacial score (nSPS) is 16.0. The Kier molecular flexibility index (Phi) is 6.65. The van der Waals surface area contributed by atoms with Crippen LogP contribution in [0.4, 0.5) is 0 Å². The van der Waals surface area contributed by atoms with Crippen molar-refractivity contribution in [1.82, 2.24) is 9.21 Å². The molecule has 1 aliphatic rings. The third kappa shape index (κ3) is 5.06. The van der Waals surface area contributed by atoms with Crippen molar-refractivity contribution in [3.63, 3.8) is 0 Å². The summed E-state index contributed by atoms with van der Waals surface area (Å²) in [4.78, 5) is 14.5. The number of rotatable bonds is 4. The van der Waals surface area contributed by atoms with Crippen LogP contribution in [0.1, 0.15) is 27.9 Å². The average molecular weight is 441 g/mol. The summed E-state index contributed by atoms with van der Waals surface area (Å²) in [6.45, 7) is 3.51. The molecule has 1 heterocycles. The summed E-state index contributed by atoms with van der Waals surface area (Å²) in [5.41, 5.74) is 2.24. The maximum atomic E-state index is 12.8. The second kappa shape index (κ2) is 8.82. The van der Waals surface area contributed by atoms with Crippen molar-refractivity contribution >= 4 is 39.1 Å². The molecule has 8 heteroatoms. The monoisotopic (exact) mass is 440 g/mol. The van der Waals surface area contributed by atoms with Crippen molar-refractivity contribution in [1.29, 1.82) is 0 Å². The first-order valence-electron chi connectivity index (χ1n) is 9.04. The van der Waals surface area contributed by atoms with Crippen LogP contribution in [0.3, 0.4) is 0 Å². The number of halogens is 2. The van der Waals surface area contributed by atoms with Gasteiger partial charge in [-0.05, 0) is 43.2 Å². The van der Waals surface area contributed by atoms with Crippen LogP contribution in [0.5, 0.6) is 0 Å². The molecule has 0 bridgehead atoms. The van der Waals surface area contributed by atoms with Crippen molar-refractivity contribution in [3.8, 4) is 0 Å². The molecule has 2 aromatic carbocycles. The van der Waals surface area contributed by atoms with E-state index >= 15 is 0 Å². The Labute approximate surface area is 175 Å². The van der Waals surface area contributed by atoms with Gasteiger partial charge in [0.05, 0.1) is 15.8 Å². The third-order valence-electron chi connectivity index (χ3n) is 4.73. The highest BCUT2D eigenvalue weighted by Gasteiger charge is 2.27. The van der Waals surface area contributed by atoms with E-state index in [2.05, 4.69) is 0 Å². The summed E-state index contributed by atoms with van der Waals surface area (Å²) in [7, 11) is -3.52. The fourth-order valence-electron chi connectivity index (χ4n) is 3.27. The van der Waals surface area contributed by atoms with Crippen LogP contribution in [-0.2, 0) is 15.8 Å². The van der Waals surface area contributed by atoms with Gasteiger partial charge in [0.25, 0.3) is 5.91 Å². The Morgan fingerprint density at radius 2 is 1.79 bits per heavy atom. The van der Waals surface area contributed by atoms with Crippen molar-refractivity contribution < 1.29 is 13.2 Å². The van der Waals surface area contributed by atoms with Gasteiger partial charge < -0.3 is 4.90 Å². The van der Waals surface area contributed by atoms with E-state index in [-0.39, 0.29) is 18.2 Å². The number of sulfonamides is 1. The molecule has 1 amide bonds. The number of aryl methyl sites for hydroxylation is 1. The predicted molar refractivity (Wildman–Crippen MR) is 112 cm³/mol. The quantitative estimate of drug-likeness (QED) is 0.721.